The molecule has 3 rings (SSSR count). The number of carbonyl (C=O) groups is 1. The third-order valence-electron chi connectivity index (χ3n) is 4.99. The van der Waals surface area contributed by atoms with E-state index in [0.29, 0.717) is 5.25 Å². The third kappa shape index (κ3) is 5.53. The Hall–Kier alpha value is -1.92. The highest BCUT2D eigenvalue weighted by Gasteiger charge is 2.28. The molecule has 2 aromatic rings. The van der Waals surface area contributed by atoms with E-state index < -0.39 is 0 Å². The third-order valence-corrected chi connectivity index (χ3v) is 6.22. The average Bonchev–Trinajstić information content (AvgIpc) is 2.66. The van der Waals surface area contributed by atoms with Crippen molar-refractivity contribution < 1.29 is 4.79 Å². The Bertz CT molecular complexity index is 728. The molecule has 5 nitrogen and oxygen atoms in total. The zero-order chi connectivity index (χ0) is 19.2. The molecule has 1 amide bonds. The molecule has 144 valence electrons. The van der Waals surface area contributed by atoms with Gasteiger partial charge in [0.2, 0.25) is 5.91 Å². The van der Waals surface area contributed by atoms with Gasteiger partial charge in [0, 0.05) is 23.7 Å². The van der Waals surface area contributed by atoms with Crippen molar-refractivity contribution in [2.75, 3.05) is 14.1 Å². The summed E-state index contributed by atoms with van der Waals surface area (Å²) in [7, 11) is 3.91. The molecule has 0 saturated heterocycles. The van der Waals surface area contributed by atoms with Crippen molar-refractivity contribution in [3.8, 4) is 0 Å². The summed E-state index contributed by atoms with van der Waals surface area (Å²) >= 11 is 1.75. The molecule has 27 heavy (non-hydrogen) atoms. The molecule has 6 heteroatoms. The first-order chi connectivity index (χ1) is 13.0. The number of aryl methyl sites for hydroxylation is 1. The second-order valence-electron chi connectivity index (χ2n) is 7.41. The molecule has 0 spiro atoms. The highest BCUT2D eigenvalue weighted by molar-refractivity contribution is 7.99. The number of hydrogen-bond donors (Lipinski definition) is 1. The lowest BCUT2D eigenvalue weighted by Crippen LogP contribution is -2.44. The summed E-state index contributed by atoms with van der Waals surface area (Å²) in [5.74, 6) is 0.0892. The van der Waals surface area contributed by atoms with Crippen LogP contribution in [0, 0.1) is 6.92 Å². The first-order valence-corrected chi connectivity index (χ1v) is 10.4. The van der Waals surface area contributed by atoms with Crippen molar-refractivity contribution >= 4 is 17.7 Å². The van der Waals surface area contributed by atoms with Crippen LogP contribution in [0.15, 0.2) is 47.9 Å². The Kier molecular flexibility index (Phi) is 6.85. The Morgan fingerprint density at radius 2 is 1.74 bits per heavy atom. The van der Waals surface area contributed by atoms with Crippen molar-refractivity contribution in [1.29, 1.82) is 0 Å². The molecule has 1 aromatic heterocycles. The summed E-state index contributed by atoms with van der Waals surface area (Å²) in [5, 5.41) is 4.65. The summed E-state index contributed by atoms with van der Waals surface area (Å²) in [6.07, 6.45) is 7.73. The monoisotopic (exact) mass is 384 g/mol. The normalized spacial score (nSPS) is 21.0. The lowest BCUT2D eigenvalue weighted by molar-refractivity contribution is -0.126. The van der Waals surface area contributed by atoms with Gasteiger partial charge >= 0.3 is 0 Å². The maximum absolute atomic E-state index is 12.9. The van der Waals surface area contributed by atoms with Gasteiger partial charge in [0.1, 0.15) is 6.04 Å². The van der Waals surface area contributed by atoms with Gasteiger partial charge in [0.25, 0.3) is 0 Å². The number of likely N-dealkylation sites (N-methyl/N-ethyl adjacent to an activating group) is 1. The topological polar surface area (TPSA) is 58.1 Å². The van der Waals surface area contributed by atoms with E-state index in [1.807, 2.05) is 37.2 Å². The summed E-state index contributed by atoms with van der Waals surface area (Å²) in [6, 6.07) is 10.1. The van der Waals surface area contributed by atoms with Crippen LogP contribution in [0.5, 0.6) is 0 Å². The van der Waals surface area contributed by atoms with Crippen molar-refractivity contribution in [3.63, 3.8) is 0 Å². The van der Waals surface area contributed by atoms with Gasteiger partial charge in [-0.15, -0.1) is 0 Å². The van der Waals surface area contributed by atoms with Crippen LogP contribution in [0.2, 0.25) is 0 Å². The van der Waals surface area contributed by atoms with Gasteiger partial charge in [-0.2, -0.15) is 0 Å². The van der Waals surface area contributed by atoms with Gasteiger partial charge in [-0.25, -0.2) is 9.97 Å². The van der Waals surface area contributed by atoms with Gasteiger partial charge in [0.15, 0.2) is 5.16 Å². The number of benzene rings is 1. The zero-order valence-corrected chi connectivity index (χ0v) is 17.1. The van der Waals surface area contributed by atoms with E-state index in [1.165, 1.54) is 5.56 Å². The fraction of sp³-hybridized carbons (Fsp3) is 0.476. The van der Waals surface area contributed by atoms with Crippen molar-refractivity contribution in [2.24, 2.45) is 0 Å². The second-order valence-corrected chi connectivity index (χ2v) is 8.68. The lowest BCUT2D eigenvalue weighted by atomic mass is 9.94. The van der Waals surface area contributed by atoms with Crippen molar-refractivity contribution in [2.45, 2.75) is 55.1 Å². The number of nitrogens with zero attached hydrogens (tertiary/aromatic N) is 3. The molecule has 0 bridgehead atoms. The molecule has 1 aromatic carbocycles. The molecule has 1 aliphatic carbocycles. The fourth-order valence-corrected chi connectivity index (χ4v) is 4.58. The van der Waals surface area contributed by atoms with Crippen LogP contribution in [-0.4, -0.2) is 46.2 Å². The minimum absolute atomic E-state index is 0.0892. The minimum atomic E-state index is -0.254. The predicted octanol–water partition coefficient (Wildman–Crippen LogP) is 3.61. The van der Waals surface area contributed by atoms with E-state index in [1.54, 1.807) is 24.2 Å². The number of rotatable bonds is 6. The summed E-state index contributed by atoms with van der Waals surface area (Å²) in [6.45, 7) is 2.06. The molecule has 1 aliphatic rings. The summed E-state index contributed by atoms with van der Waals surface area (Å²) in [4.78, 5) is 23.5. The number of carbonyl (C=O) groups excluding carboxylic acids is 1. The molecule has 0 aliphatic heterocycles. The molecule has 1 fully saturated rings. The first kappa shape index (κ1) is 19.8. The number of aromatic nitrogens is 2. The maximum Gasteiger partial charge on any atom is 0.242 e. The van der Waals surface area contributed by atoms with Crippen LogP contribution in [0.25, 0.3) is 0 Å². The molecular formula is C21H28N4OS. The summed E-state index contributed by atoms with van der Waals surface area (Å²) < 4.78 is 0. The van der Waals surface area contributed by atoms with Gasteiger partial charge in [0.05, 0.1) is 0 Å². The predicted molar refractivity (Wildman–Crippen MR) is 110 cm³/mol. The van der Waals surface area contributed by atoms with Crippen LogP contribution in [0.4, 0.5) is 0 Å². The molecule has 0 radical (unpaired) electrons. The van der Waals surface area contributed by atoms with Crippen LogP contribution < -0.4 is 5.32 Å². The van der Waals surface area contributed by atoms with E-state index in [4.69, 9.17) is 0 Å². The molecule has 1 unspecified atom stereocenters. The van der Waals surface area contributed by atoms with Crippen LogP contribution >= 0.6 is 11.8 Å². The molecule has 1 heterocycles. The van der Waals surface area contributed by atoms with Crippen LogP contribution in [-0.2, 0) is 4.79 Å². The Labute approximate surface area is 166 Å². The number of hydrogen-bond acceptors (Lipinski definition) is 5. The standard InChI is InChI=1S/C21H28N4OS/c1-15-5-7-16(8-6-15)19(25(2)3)20(26)24-17-9-11-18(12-10-17)27-21-22-13-4-14-23-21/h4-8,13-14,17-19H,9-12H2,1-3H3,(H,24,26). The van der Waals surface area contributed by atoms with Gasteiger partial charge in [-0.3, -0.25) is 9.69 Å². The van der Waals surface area contributed by atoms with E-state index >= 15 is 0 Å². The largest absolute Gasteiger partial charge is 0.352 e. The summed E-state index contributed by atoms with van der Waals surface area (Å²) in [5.41, 5.74) is 2.24. The lowest BCUT2D eigenvalue weighted by Gasteiger charge is -2.31. The van der Waals surface area contributed by atoms with Crippen molar-refractivity contribution in [1.82, 2.24) is 20.2 Å². The maximum atomic E-state index is 12.9. The number of thioether (sulfide) groups is 1. The van der Waals surface area contributed by atoms with E-state index in [2.05, 4.69) is 34.3 Å². The fourth-order valence-electron chi connectivity index (χ4n) is 3.53. The molecule has 1 atom stereocenters. The Morgan fingerprint density at radius 1 is 1.11 bits per heavy atom. The molecule has 1 N–H and O–H groups in total. The highest BCUT2D eigenvalue weighted by atomic mass is 32.2. The SMILES string of the molecule is Cc1ccc(C(C(=O)NC2CCC(Sc3ncccn3)CC2)N(C)C)cc1. The smallest absolute Gasteiger partial charge is 0.242 e. The van der Waals surface area contributed by atoms with E-state index in [9.17, 15) is 4.79 Å². The van der Waals surface area contributed by atoms with Gasteiger partial charge in [-0.1, -0.05) is 41.6 Å². The van der Waals surface area contributed by atoms with Crippen LogP contribution in [0.1, 0.15) is 42.9 Å². The highest BCUT2D eigenvalue weighted by Crippen LogP contribution is 2.32. The van der Waals surface area contributed by atoms with Crippen molar-refractivity contribution in [3.05, 3.63) is 53.9 Å². The minimum Gasteiger partial charge on any atom is -0.352 e. The molecule has 1 saturated carbocycles. The zero-order valence-electron chi connectivity index (χ0n) is 16.3. The average molecular weight is 385 g/mol. The van der Waals surface area contributed by atoms with Gasteiger partial charge in [-0.05, 0) is 58.3 Å². The quantitative estimate of drug-likeness (QED) is 0.771. The number of amides is 1. The molecular weight excluding hydrogens is 356 g/mol. The number of nitrogens with one attached hydrogen (secondary N) is 1. The van der Waals surface area contributed by atoms with Gasteiger partial charge < -0.3 is 5.32 Å². The first-order valence-electron chi connectivity index (χ1n) is 9.50. The Morgan fingerprint density at radius 3 is 2.33 bits per heavy atom. The second kappa shape index (κ2) is 9.33. The Balaban J connectivity index is 1.54. The van der Waals surface area contributed by atoms with Crippen LogP contribution in [0.3, 0.4) is 0 Å². The van der Waals surface area contributed by atoms with E-state index in [-0.39, 0.29) is 18.0 Å². The van der Waals surface area contributed by atoms with E-state index in [0.717, 1.165) is 36.4 Å².